The molecule has 21 heavy (non-hydrogen) atoms. The largest absolute Gasteiger partial charge is 0.492 e. The van der Waals surface area contributed by atoms with Crippen molar-refractivity contribution in [2.24, 2.45) is 17.8 Å². The van der Waals surface area contributed by atoms with Crippen molar-refractivity contribution in [2.75, 3.05) is 6.61 Å². The summed E-state index contributed by atoms with van der Waals surface area (Å²) >= 11 is 0. The molecule has 0 spiro atoms. The quantitative estimate of drug-likeness (QED) is 0.771. The predicted molar refractivity (Wildman–Crippen MR) is 82.8 cm³/mol. The van der Waals surface area contributed by atoms with Crippen LogP contribution in [0, 0.1) is 17.8 Å². The molecule has 2 saturated carbocycles. The zero-order valence-corrected chi connectivity index (χ0v) is 13.0. The number of ether oxygens (including phenoxy) is 1. The van der Waals surface area contributed by atoms with Crippen molar-refractivity contribution < 1.29 is 9.53 Å². The Morgan fingerprint density at radius 2 is 2.14 bits per heavy atom. The van der Waals surface area contributed by atoms with E-state index in [-0.39, 0.29) is 5.41 Å². The summed E-state index contributed by atoms with van der Waals surface area (Å²) in [7, 11) is 0. The maximum absolute atomic E-state index is 12.6. The first-order chi connectivity index (χ1) is 10.0. The summed E-state index contributed by atoms with van der Waals surface area (Å²) in [6.07, 6.45) is 6.17. The molecule has 0 N–H and O–H groups in total. The van der Waals surface area contributed by atoms with Crippen LogP contribution in [0.1, 0.15) is 61.9 Å². The molecule has 0 amide bonds. The average molecular weight is 284 g/mol. The van der Waals surface area contributed by atoms with Crippen LogP contribution in [-0.2, 0) is 5.41 Å². The van der Waals surface area contributed by atoms with E-state index in [1.54, 1.807) is 0 Å². The van der Waals surface area contributed by atoms with E-state index in [0.29, 0.717) is 18.3 Å². The highest BCUT2D eigenvalue weighted by Gasteiger charge is 2.40. The predicted octanol–water partition coefficient (Wildman–Crippen LogP) is 4.37. The van der Waals surface area contributed by atoms with Crippen LogP contribution in [0.3, 0.4) is 0 Å². The summed E-state index contributed by atoms with van der Waals surface area (Å²) < 4.78 is 5.71. The highest BCUT2D eigenvalue weighted by molar-refractivity contribution is 5.96. The third-order valence-electron chi connectivity index (χ3n) is 5.95. The van der Waals surface area contributed by atoms with Crippen LogP contribution in [0.25, 0.3) is 0 Å². The monoisotopic (exact) mass is 284 g/mol. The van der Waals surface area contributed by atoms with Gasteiger partial charge in [-0.15, -0.1) is 0 Å². The smallest absolute Gasteiger partial charge is 0.163 e. The standard InChI is InChI=1S/C19H24O2/c1-19(2)11-21-18-6-5-14(9-16(18)19)17(20)10-15-8-12-3-4-13(15)7-12/h5-6,9,12-13,15H,3-4,7-8,10-11H2,1-2H3. The molecule has 2 aliphatic carbocycles. The molecular formula is C19H24O2. The number of carbonyl (C=O) groups is 1. The lowest BCUT2D eigenvalue weighted by molar-refractivity contribution is 0.0944. The second kappa shape index (κ2) is 4.59. The van der Waals surface area contributed by atoms with Crippen LogP contribution < -0.4 is 4.74 Å². The van der Waals surface area contributed by atoms with Gasteiger partial charge in [-0.1, -0.05) is 20.3 Å². The van der Waals surface area contributed by atoms with Crippen molar-refractivity contribution in [3.63, 3.8) is 0 Å². The normalized spacial score (nSPS) is 32.0. The molecule has 1 aliphatic heterocycles. The van der Waals surface area contributed by atoms with Crippen molar-refractivity contribution in [1.29, 1.82) is 0 Å². The van der Waals surface area contributed by atoms with Gasteiger partial charge in [0.25, 0.3) is 0 Å². The molecule has 3 atom stereocenters. The van der Waals surface area contributed by atoms with Crippen LogP contribution in [-0.4, -0.2) is 12.4 Å². The van der Waals surface area contributed by atoms with Crippen molar-refractivity contribution in [3.05, 3.63) is 29.3 Å². The third-order valence-corrected chi connectivity index (χ3v) is 5.95. The van der Waals surface area contributed by atoms with Gasteiger partial charge in [0.05, 0.1) is 6.61 Å². The summed E-state index contributed by atoms with van der Waals surface area (Å²) in [4.78, 5) is 12.6. The van der Waals surface area contributed by atoms with Gasteiger partial charge in [-0.05, 0) is 55.2 Å². The average Bonchev–Trinajstić information content (AvgIpc) is 3.14. The minimum Gasteiger partial charge on any atom is -0.492 e. The Hall–Kier alpha value is -1.31. The van der Waals surface area contributed by atoms with Gasteiger partial charge < -0.3 is 4.74 Å². The number of hydrogen-bond acceptors (Lipinski definition) is 2. The van der Waals surface area contributed by atoms with E-state index < -0.39 is 0 Å². The Morgan fingerprint density at radius 3 is 2.86 bits per heavy atom. The molecule has 0 radical (unpaired) electrons. The molecule has 1 heterocycles. The molecule has 2 fully saturated rings. The fourth-order valence-electron chi connectivity index (χ4n) is 4.68. The van der Waals surface area contributed by atoms with Gasteiger partial charge in [0.1, 0.15) is 5.75 Å². The fourth-order valence-corrected chi connectivity index (χ4v) is 4.68. The number of ketones is 1. The molecule has 2 heteroatoms. The summed E-state index contributed by atoms with van der Waals surface area (Å²) in [5.41, 5.74) is 2.11. The number of Topliss-reactive ketones (excluding diaryl/α,β-unsaturated/α-hetero) is 1. The van der Waals surface area contributed by atoms with E-state index in [2.05, 4.69) is 19.9 Å². The lowest BCUT2D eigenvalue weighted by atomic mass is 9.82. The first kappa shape index (κ1) is 13.4. The van der Waals surface area contributed by atoms with Crippen LogP contribution in [0.15, 0.2) is 18.2 Å². The molecule has 3 aliphatic rings. The highest BCUT2D eigenvalue weighted by atomic mass is 16.5. The molecule has 1 aromatic rings. The summed E-state index contributed by atoms with van der Waals surface area (Å²) in [5.74, 6) is 3.68. The van der Waals surface area contributed by atoms with Crippen molar-refractivity contribution in [1.82, 2.24) is 0 Å². The van der Waals surface area contributed by atoms with E-state index in [4.69, 9.17) is 4.74 Å². The Morgan fingerprint density at radius 1 is 1.29 bits per heavy atom. The van der Waals surface area contributed by atoms with Crippen molar-refractivity contribution in [3.8, 4) is 5.75 Å². The number of carbonyl (C=O) groups excluding carboxylic acids is 1. The van der Waals surface area contributed by atoms with Gasteiger partial charge >= 0.3 is 0 Å². The van der Waals surface area contributed by atoms with E-state index in [9.17, 15) is 4.79 Å². The second-order valence-corrected chi connectivity index (χ2v) is 7.95. The number of hydrogen-bond donors (Lipinski definition) is 0. The van der Waals surface area contributed by atoms with Crippen LogP contribution in [0.5, 0.6) is 5.75 Å². The molecule has 1 aromatic carbocycles. The SMILES string of the molecule is CC1(C)COc2ccc(C(=O)CC3CC4CCC3C4)cc21. The van der Waals surface area contributed by atoms with Crippen LogP contribution >= 0.6 is 0 Å². The fraction of sp³-hybridized carbons (Fsp3) is 0.632. The van der Waals surface area contributed by atoms with Gasteiger partial charge in [-0.3, -0.25) is 4.79 Å². The molecule has 2 nitrogen and oxygen atoms in total. The third kappa shape index (κ3) is 2.20. The van der Waals surface area contributed by atoms with Gasteiger partial charge in [0.15, 0.2) is 5.78 Å². The summed E-state index contributed by atoms with van der Waals surface area (Å²) in [5, 5.41) is 0. The molecule has 0 aromatic heterocycles. The minimum atomic E-state index is 0.0258. The summed E-state index contributed by atoms with van der Waals surface area (Å²) in [6.45, 7) is 5.08. The lowest BCUT2D eigenvalue weighted by Gasteiger charge is -2.21. The molecule has 2 bridgehead atoms. The molecule has 3 unspecified atom stereocenters. The second-order valence-electron chi connectivity index (χ2n) is 7.95. The molecule has 4 rings (SSSR count). The maximum atomic E-state index is 12.6. The van der Waals surface area contributed by atoms with Crippen molar-refractivity contribution in [2.45, 2.75) is 51.4 Å². The van der Waals surface area contributed by atoms with Gasteiger partial charge in [0.2, 0.25) is 0 Å². The zero-order chi connectivity index (χ0) is 14.6. The molecular weight excluding hydrogens is 260 g/mol. The van der Waals surface area contributed by atoms with Crippen molar-refractivity contribution >= 4 is 5.78 Å². The Balaban J connectivity index is 1.53. The van der Waals surface area contributed by atoms with E-state index in [1.807, 2.05) is 12.1 Å². The molecule has 112 valence electrons. The van der Waals surface area contributed by atoms with Crippen LogP contribution in [0.4, 0.5) is 0 Å². The molecule has 0 saturated heterocycles. The van der Waals surface area contributed by atoms with Crippen LogP contribution in [0.2, 0.25) is 0 Å². The highest BCUT2D eigenvalue weighted by Crippen LogP contribution is 2.50. The number of fused-ring (bicyclic) bond motifs is 3. The van der Waals surface area contributed by atoms with E-state index in [1.165, 1.54) is 31.2 Å². The first-order valence-electron chi connectivity index (χ1n) is 8.33. The Kier molecular flexibility index (Phi) is 2.92. The minimum absolute atomic E-state index is 0.0258. The topological polar surface area (TPSA) is 26.3 Å². The van der Waals surface area contributed by atoms with E-state index >= 15 is 0 Å². The maximum Gasteiger partial charge on any atom is 0.163 e. The number of rotatable bonds is 3. The first-order valence-corrected chi connectivity index (χ1v) is 8.33. The number of benzene rings is 1. The van der Waals surface area contributed by atoms with Gasteiger partial charge in [0, 0.05) is 23.0 Å². The zero-order valence-electron chi connectivity index (χ0n) is 13.0. The Bertz CT molecular complexity index is 587. The van der Waals surface area contributed by atoms with Gasteiger partial charge in [-0.25, -0.2) is 0 Å². The Labute approximate surface area is 126 Å². The van der Waals surface area contributed by atoms with E-state index in [0.717, 1.165) is 29.6 Å². The van der Waals surface area contributed by atoms with Gasteiger partial charge in [-0.2, -0.15) is 0 Å². The lowest BCUT2D eigenvalue weighted by Crippen LogP contribution is -2.19. The summed E-state index contributed by atoms with van der Waals surface area (Å²) in [6, 6.07) is 6.02.